The van der Waals surface area contributed by atoms with Crippen LogP contribution in [0.15, 0.2) is 49.3 Å². The Morgan fingerprint density at radius 1 is 1.41 bits per heavy atom. The molecule has 0 spiro atoms. The number of hydrogen-bond donors (Lipinski definition) is 0. The highest BCUT2D eigenvalue weighted by molar-refractivity contribution is 5.70. The van der Waals surface area contributed by atoms with Crippen molar-refractivity contribution in [3.63, 3.8) is 0 Å². The largest absolute Gasteiger partial charge is 0.443 e. The Labute approximate surface area is 99.1 Å². The molecule has 0 aliphatic rings. The fraction of sp³-hybridized carbons (Fsp3) is 0.0769. The van der Waals surface area contributed by atoms with Crippen molar-refractivity contribution in [2.24, 2.45) is 0 Å². The van der Waals surface area contributed by atoms with Gasteiger partial charge in [-0.25, -0.2) is 4.79 Å². The van der Waals surface area contributed by atoms with Gasteiger partial charge in [0, 0.05) is 11.8 Å². The van der Waals surface area contributed by atoms with Crippen molar-refractivity contribution in [3.05, 3.63) is 60.4 Å². The van der Waals surface area contributed by atoms with Crippen LogP contribution in [0.5, 0.6) is 0 Å². The van der Waals surface area contributed by atoms with Crippen molar-refractivity contribution in [1.29, 1.82) is 0 Å². The van der Waals surface area contributed by atoms with Crippen molar-refractivity contribution in [3.8, 4) is 0 Å². The Bertz CT molecular complexity index is 517. The van der Waals surface area contributed by atoms with Crippen LogP contribution in [0.1, 0.15) is 11.1 Å². The van der Waals surface area contributed by atoms with Gasteiger partial charge in [-0.2, -0.15) is 9.78 Å². The van der Waals surface area contributed by atoms with Gasteiger partial charge in [-0.15, -0.1) is 0 Å². The third-order valence-electron chi connectivity index (χ3n) is 2.23. The van der Waals surface area contributed by atoms with Gasteiger partial charge in [-0.1, -0.05) is 43.0 Å². The predicted molar refractivity (Wildman–Crippen MR) is 64.3 cm³/mol. The lowest BCUT2D eigenvalue weighted by molar-refractivity contribution is 0.138. The molecule has 1 aromatic heterocycles. The maximum atomic E-state index is 11.6. The van der Waals surface area contributed by atoms with E-state index in [1.165, 1.54) is 0 Å². The van der Waals surface area contributed by atoms with Gasteiger partial charge in [0.2, 0.25) is 0 Å². The van der Waals surface area contributed by atoms with Crippen molar-refractivity contribution >= 4 is 12.2 Å². The molecular formula is C13H12N2O2. The van der Waals surface area contributed by atoms with Crippen LogP contribution >= 0.6 is 0 Å². The topological polar surface area (TPSA) is 44.1 Å². The zero-order chi connectivity index (χ0) is 12.1. The molecule has 0 N–H and O–H groups in total. The molecule has 2 rings (SSSR count). The summed E-state index contributed by atoms with van der Waals surface area (Å²) in [6, 6.07) is 9.49. The van der Waals surface area contributed by atoms with Gasteiger partial charge in [-0.3, -0.25) is 0 Å². The van der Waals surface area contributed by atoms with Gasteiger partial charge in [0.1, 0.15) is 6.61 Å². The molecule has 0 fully saturated rings. The van der Waals surface area contributed by atoms with E-state index < -0.39 is 6.09 Å². The molecule has 4 nitrogen and oxygen atoms in total. The van der Waals surface area contributed by atoms with E-state index in [1.54, 1.807) is 18.5 Å². The standard InChI is InChI=1S/C13H12N2O2/c1-2-11-8-14-15(9-11)13(16)17-10-12-6-4-3-5-7-12/h2-9H,1,10H2. The van der Waals surface area contributed by atoms with Crippen LogP contribution in [0.2, 0.25) is 0 Å². The van der Waals surface area contributed by atoms with E-state index in [0.29, 0.717) is 0 Å². The van der Waals surface area contributed by atoms with Crippen LogP contribution in [0.4, 0.5) is 4.79 Å². The first-order valence-electron chi connectivity index (χ1n) is 5.18. The zero-order valence-electron chi connectivity index (χ0n) is 9.24. The average Bonchev–Trinajstić information content (AvgIpc) is 2.86. The second-order valence-electron chi connectivity index (χ2n) is 3.46. The third-order valence-corrected chi connectivity index (χ3v) is 2.23. The number of benzene rings is 1. The third kappa shape index (κ3) is 2.81. The zero-order valence-corrected chi connectivity index (χ0v) is 9.24. The number of ether oxygens (including phenoxy) is 1. The molecule has 0 aliphatic carbocycles. The number of nitrogens with zero attached hydrogens (tertiary/aromatic N) is 2. The minimum absolute atomic E-state index is 0.239. The molecular weight excluding hydrogens is 216 g/mol. The molecule has 4 heteroatoms. The molecule has 2 aromatic rings. The summed E-state index contributed by atoms with van der Waals surface area (Å²) in [5.74, 6) is 0. The molecule has 0 saturated heterocycles. The van der Waals surface area contributed by atoms with E-state index in [2.05, 4.69) is 11.7 Å². The second kappa shape index (κ2) is 5.12. The van der Waals surface area contributed by atoms with E-state index in [-0.39, 0.29) is 6.61 Å². The highest BCUT2D eigenvalue weighted by atomic mass is 16.6. The summed E-state index contributed by atoms with van der Waals surface area (Å²) in [5.41, 5.74) is 1.72. The van der Waals surface area contributed by atoms with Gasteiger partial charge in [0.05, 0.1) is 6.20 Å². The van der Waals surface area contributed by atoms with Gasteiger partial charge < -0.3 is 4.74 Å². The molecule has 17 heavy (non-hydrogen) atoms. The number of aromatic nitrogens is 2. The van der Waals surface area contributed by atoms with Gasteiger partial charge in [0.15, 0.2) is 0 Å². The molecule has 1 aromatic carbocycles. The van der Waals surface area contributed by atoms with E-state index in [9.17, 15) is 4.79 Å². The Morgan fingerprint density at radius 2 is 2.18 bits per heavy atom. The molecule has 0 bridgehead atoms. The summed E-state index contributed by atoms with van der Waals surface area (Å²) in [5, 5.41) is 3.87. The Morgan fingerprint density at radius 3 is 2.82 bits per heavy atom. The Hall–Kier alpha value is -2.36. The quantitative estimate of drug-likeness (QED) is 0.811. The van der Waals surface area contributed by atoms with E-state index in [1.807, 2.05) is 30.3 Å². The monoisotopic (exact) mass is 228 g/mol. The van der Waals surface area contributed by atoms with Gasteiger partial charge in [-0.05, 0) is 5.56 Å². The fourth-order valence-electron chi connectivity index (χ4n) is 1.33. The molecule has 0 atom stereocenters. The molecule has 0 radical (unpaired) electrons. The molecule has 0 amide bonds. The van der Waals surface area contributed by atoms with Crippen molar-refractivity contribution in [2.45, 2.75) is 6.61 Å². The Balaban J connectivity index is 1.96. The van der Waals surface area contributed by atoms with Crippen molar-refractivity contribution in [1.82, 2.24) is 9.78 Å². The second-order valence-corrected chi connectivity index (χ2v) is 3.46. The summed E-state index contributed by atoms with van der Waals surface area (Å²) in [4.78, 5) is 11.6. The predicted octanol–water partition coefficient (Wildman–Crippen LogP) is 2.71. The first-order chi connectivity index (χ1) is 8.29. The minimum atomic E-state index is -0.498. The van der Waals surface area contributed by atoms with E-state index in [0.717, 1.165) is 15.8 Å². The molecule has 86 valence electrons. The van der Waals surface area contributed by atoms with Crippen molar-refractivity contribution < 1.29 is 9.53 Å². The lowest BCUT2D eigenvalue weighted by Crippen LogP contribution is -2.13. The lowest BCUT2D eigenvalue weighted by atomic mass is 10.2. The first-order valence-corrected chi connectivity index (χ1v) is 5.18. The van der Waals surface area contributed by atoms with Crippen LogP contribution < -0.4 is 0 Å². The normalized spacial score (nSPS) is 9.88. The summed E-state index contributed by atoms with van der Waals surface area (Å²) in [7, 11) is 0. The van der Waals surface area contributed by atoms with Gasteiger partial charge >= 0.3 is 6.09 Å². The van der Waals surface area contributed by atoms with Crippen LogP contribution in [0.25, 0.3) is 6.08 Å². The molecule has 1 heterocycles. The smallest absolute Gasteiger partial charge is 0.435 e. The summed E-state index contributed by atoms with van der Waals surface area (Å²) in [6.07, 6.45) is 4.24. The van der Waals surface area contributed by atoms with Crippen LogP contribution in [0.3, 0.4) is 0 Å². The maximum Gasteiger partial charge on any atom is 0.435 e. The van der Waals surface area contributed by atoms with Crippen molar-refractivity contribution in [2.75, 3.05) is 0 Å². The molecule has 0 unspecified atom stereocenters. The summed E-state index contributed by atoms with van der Waals surface area (Å²) < 4.78 is 6.25. The van der Waals surface area contributed by atoms with Crippen LogP contribution in [-0.2, 0) is 11.3 Å². The number of carbonyl (C=O) groups is 1. The Kier molecular flexibility index (Phi) is 3.35. The van der Waals surface area contributed by atoms with Gasteiger partial charge in [0.25, 0.3) is 0 Å². The fourth-order valence-corrected chi connectivity index (χ4v) is 1.33. The molecule has 0 aliphatic heterocycles. The molecule has 0 saturated carbocycles. The highest BCUT2D eigenvalue weighted by Crippen LogP contribution is 2.03. The number of carbonyl (C=O) groups excluding carboxylic acids is 1. The van der Waals surface area contributed by atoms with Crippen LogP contribution in [-0.4, -0.2) is 15.9 Å². The SMILES string of the molecule is C=Cc1cnn(C(=O)OCc2ccccc2)c1. The van der Waals surface area contributed by atoms with E-state index >= 15 is 0 Å². The van der Waals surface area contributed by atoms with E-state index in [4.69, 9.17) is 4.74 Å². The average molecular weight is 228 g/mol. The number of rotatable bonds is 3. The maximum absolute atomic E-state index is 11.6. The van der Waals surface area contributed by atoms with Crippen LogP contribution in [0, 0.1) is 0 Å². The summed E-state index contributed by atoms with van der Waals surface area (Å²) in [6.45, 7) is 3.83. The summed E-state index contributed by atoms with van der Waals surface area (Å²) >= 11 is 0. The lowest BCUT2D eigenvalue weighted by Gasteiger charge is -2.03. The first kappa shape index (κ1) is 11.1. The minimum Gasteiger partial charge on any atom is -0.443 e. The highest BCUT2D eigenvalue weighted by Gasteiger charge is 2.07. The number of hydrogen-bond acceptors (Lipinski definition) is 3.